The van der Waals surface area contributed by atoms with Crippen molar-refractivity contribution < 1.29 is 27.9 Å². The van der Waals surface area contributed by atoms with Gasteiger partial charge in [0.2, 0.25) is 5.89 Å². The highest BCUT2D eigenvalue weighted by Gasteiger charge is 2.32. The number of benzene rings is 1. The molecule has 0 saturated heterocycles. The first-order valence-corrected chi connectivity index (χ1v) is 8.91. The normalized spacial score (nSPS) is 16.3. The number of alkyl carbamates (subject to hydrolysis) is 1. The lowest BCUT2D eigenvalue weighted by Gasteiger charge is -2.19. The Morgan fingerprint density at radius 2 is 2.11 bits per heavy atom. The number of halogens is 1. The van der Waals surface area contributed by atoms with E-state index in [1.807, 2.05) is 0 Å². The fourth-order valence-corrected chi connectivity index (χ4v) is 3.11. The fraction of sp³-hybridized carbons (Fsp3) is 0.526. The lowest BCUT2D eigenvalue weighted by molar-refractivity contribution is -0.147. The van der Waals surface area contributed by atoms with Gasteiger partial charge in [0, 0.05) is 0 Å². The van der Waals surface area contributed by atoms with Gasteiger partial charge < -0.3 is 19.2 Å². The predicted octanol–water partition coefficient (Wildman–Crippen LogP) is 3.27. The van der Waals surface area contributed by atoms with Crippen molar-refractivity contribution in [2.24, 2.45) is 5.92 Å². The Balaban J connectivity index is 1.74. The molecule has 1 heterocycles. The number of ether oxygens (including phenoxy) is 2. The summed E-state index contributed by atoms with van der Waals surface area (Å²) in [6.07, 6.45) is 0.0895. The Morgan fingerprint density at radius 1 is 1.37 bits per heavy atom. The molecule has 0 radical (unpaired) electrons. The lowest BCUT2D eigenvalue weighted by atomic mass is 10.1. The van der Waals surface area contributed by atoms with Crippen LogP contribution in [0.25, 0.3) is 11.1 Å². The number of oxazole rings is 1. The topological polar surface area (TPSA) is 90.7 Å². The van der Waals surface area contributed by atoms with Gasteiger partial charge in [-0.3, -0.25) is 4.79 Å². The van der Waals surface area contributed by atoms with E-state index < -0.39 is 17.5 Å². The number of esters is 1. The van der Waals surface area contributed by atoms with E-state index in [2.05, 4.69) is 10.3 Å². The van der Waals surface area contributed by atoms with Crippen molar-refractivity contribution in [2.75, 3.05) is 6.61 Å². The van der Waals surface area contributed by atoms with Gasteiger partial charge in [-0.1, -0.05) is 0 Å². The SMILES string of the molecule is CCOC(=O)C1Cc2cc3nc(CNC(=O)OC(C)(C)C)oc3c(F)c2C1. The Morgan fingerprint density at radius 3 is 2.78 bits per heavy atom. The summed E-state index contributed by atoms with van der Waals surface area (Å²) < 4.78 is 30.5. The van der Waals surface area contributed by atoms with Gasteiger partial charge in [-0.05, 0) is 57.7 Å². The van der Waals surface area contributed by atoms with Gasteiger partial charge in [0.25, 0.3) is 0 Å². The second-order valence-electron chi connectivity index (χ2n) is 7.50. The van der Waals surface area contributed by atoms with Crippen LogP contribution < -0.4 is 5.32 Å². The van der Waals surface area contributed by atoms with E-state index in [9.17, 15) is 14.0 Å². The van der Waals surface area contributed by atoms with E-state index >= 15 is 0 Å². The van der Waals surface area contributed by atoms with Crippen LogP contribution in [0.3, 0.4) is 0 Å². The molecule has 27 heavy (non-hydrogen) atoms. The highest BCUT2D eigenvalue weighted by Crippen LogP contribution is 2.34. The van der Waals surface area contributed by atoms with Crippen LogP contribution in [0.4, 0.5) is 9.18 Å². The maximum absolute atomic E-state index is 14.8. The molecule has 0 spiro atoms. The van der Waals surface area contributed by atoms with Crippen LogP contribution in [0.5, 0.6) is 0 Å². The van der Waals surface area contributed by atoms with Crippen LogP contribution in [-0.4, -0.2) is 29.3 Å². The molecule has 1 N–H and O–H groups in total. The molecule has 1 aromatic heterocycles. The van der Waals surface area contributed by atoms with Crippen LogP contribution in [0.15, 0.2) is 10.5 Å². The smallest absolute Gasteiger partial charge is 0.408 e. The van der Waals surface area contributed by atoms with Crippen LogP contribution in [0.1, 0.15) is 44.7 Å². The third-order valence-corrected chi connectivity index (χ3v) is 4.18. The van der Waals surface area contributed by atoms with Crippen LogP contribution in [0.2, 0.25) is 0 Å². The lowest BCUT2D eigenvalue weighted by Crippen LogP contribution is -2.32. The molecule has 1 atom stereocenters. The Labute approximate surface area is 156 Å². The molecule has 0 saturated carbocycles. The second-order valence-corrected chi connectivity index (χ2v) is 7.50. The summed E-state index contributed by atoms with van der Waals surface area (Å²) in [5.41, 5.74) is 0.964. The third kappa shape index (κ3) is 4.20. The molecule has 0 bridgehead atoms. The number of fused-ring (bicyclic) bond motifs is 2. The number of nitrogens with zero attached hydrogens (tertiary/aromatic N) is 1. The van der Waals surface area contributed by atoms with Gasteiger partial charge in [-0.15, -0.1) is 0 Å². The maximum Gasteiger partial charge on any atom is 0.408 e. The molecular formula is C19H23FN2O5. The molecule has 0 aliphatic heterocycles. The van der Waals surface area contributed by atoms with Crippen molar-refractivity contribution in [1.29, 1.82) is 0 Å². The second kappa shape index (κ2) is 7.17. The van der Waals surface area contributed by atoms with Gasteiger partial charge in [0.15, 0.2) is 11.4 Å². The molecule has 2 aromatic rings. The largest absolute Gasteiger partial charge is 0.466 e. The zero-order valence-corrected chi connectivity index (χ0v) is 15.8. The van der Waals surface area contributed by atoms with Gasteiger partial charge in [0.1, 0.15) is 11.1 Å². The molecule has 1 unspecified atom stereocenters. The predicted molar refractivity (Wildman–Crippen MR) is 94.6 cm³/mol. The standard InChI is InChI=1S/C19H23FN2O5/c1-5-25-17(23)11-6-10-8-13-16(15(20)12(10)7-11)26-14(22-13)9-21-18(24)27-19(2,3)4/h8,11H,5-7,9H2,1-4H3,(H,21,24). The Hall–Kier alpha value is -2.64. The molecule has 7 nitrogen and oxygen atoms in total. The van der Waals surface area contributed by atoms with E-state index in [4.69, 9.17) is 13.9 Å². The number of carbonyl (C=O) groups excluding carboxylic acids is 2. The summed E-state index contributed by atoms with van der Waals surface area (Å²) in [6, 6.07) is 1.73. The number of hydrogen-bond acceptors (Lipinski definition) is 6. The van der Waals surface area contributed by atoms with E-state index in [-0.39, 0.29) is 36.3 Å². The first kappa shape index (κ1) is 19.1. The average molecular weight is 378 g/mol. The number of nitrogens with one attached hydrogen (secondary N) is 1. The molecule has 1 aliphatic carbocycles. The van der Waals surface area contributed by atoms with Crippen molar-refractivity contribution in [2.45, 2.75) is 52.7 Å². The summed E-state index contributed by atoms with van der Waals surface area (Å²) in [5, 5.41) is 2.53. The zero-order valence-electron chi connectivity index (χ0n) is 15.8. The molecule has 3 rings (SSSR count). The van der Waals surface area contributed by atoms with Crippen molar-refractivity contribution in [3.63, 3.8) is 0 Å². The fourth-order valence-electron chi connectivity index (χ4n) is 3.11. The minimum Gasteiger partial charge on any atom is -0.466 e. The first-order valence-electron chi connectivity index (χ1n) is 8.91. The van der Waals surface area contributed by atoms with Crippen LogP contribution >= 0.6 is 0 Å². The molecule has 0 fully saturated rings. The van der Waals surface area contributed by atoms with Crippen molar-refractivity contribution in [3.05, 3.63) is 28.9 Å². The van der Waals surface area contributed by atoms with Crippen molar-refractivity contribution in [1.82, 2.24) is 10.3 Å². The monoisotopic (exact) mass is 378 g/mol. The zero-order chi connectivity index (χ0) is 19.8. The van der Waals surface area contributed by atoms with E-state index in [0.29, 0.717) is 24.1 Å². The minimum absolute atomic E-state index is 0.0147. The average Bonchev–Trinajstić information content (AvgIpc) is 3.16. The van der Waals surface area contributed by atoms with E-state index in [1.54, 1.807) is 33.8 Å². The number of hydrogen-bond donors (Lipinski definition) is 1. The summed E-state index contributed by atoms with van der Waals surface area (Å²) in [6.45, 7) is 7.29. The summed E-state index contributed by atoms with van der Waals surface area (Å²) in [4.78, 5) is 27.9. The van der Waals surface area contributed by atoms with E-state index in [0.717, 1.165) is 5.56 Å². The number of carbonyl (C=O) groups is 2. The molecule has 8 heteroatoms. The van der Waals surface area contributed by atoms with Crippen molar-refractivity contribution >= 4 is 23.2 Å². The molecular weight excluding hydrogens is 355 g/mol. The first-order chi connectivity index (χ1) is 12.7. The number of aromatic nitrogens is 1. The van der Waals surface area contributed by atoms with Gasteiger partial charge in [-0.2, -0.15) is 0 Å². The van der Waals surface area contributed by atoms with Gasteiger partial charge >= 0.3 is 12.1 Å². The maximum atomic E-state index is 14.8. The molecule has 146 valence electrons. The number of amides is 1. The Bertz CT molecular complexity index is 884. The van der Waals surface area contributed by atoms with Gasteiger partial charge in [-0.25, -0.2) is 14.2 Å². The third-order valence-electron chi connectivity index (χ3n) is 4.18. The summed E-state index contributed by atoms with van der Waals surface area (Å²) in [7, 11) is 0. The van der Waals surface area contributed by atoms with Crippen molar-refractivity contribution in [3.8, 4) is 0 Å². The summed E-state index contributed by atoms with van der Waals surface area (Å²) >= 11 is 0. The molecule has 1 aliphatic rings. The Kier molecular flexibility index (Phi) is 5.08. The van der Waals surface area contributed by atoms with Crippen LogP contribution in [-0.2, 0) is 33.7 Å². The number of rotatable bonds is 4. The van der Waals surface area contributed by atoms with E-state index in [1.165, 1.54) is 0 Å². The minimum atomic E-state index is -0.617. The molecule has 1 aromatic carbocycles. The summed E-state index contributed by atoms with van der Waals surface area (Å²) in [5.74, 6) is -1.03. The quantitative estimate of drug-likeness (QED) is 0.821. The highest BCUT2D eigenvalue weighted by molar-refractivity contribution is 5.79. The van der Waals surface area contributed by atoms with Gasteiger partial charge in [0.05, 0.1) is 19.1 Å². The van der Waals surface area contributed by atoms with Crippen LogP contribution in [0, 0.1) is 11.7 Å². The molecule has 1 amide bonds. The highest BCUT2D eigenvalue weighted by atomic mass is 19.1.